The number of hydrogen-bond donors (Lipinski definition) is 0. The number of benzene rings is 2. The van der Waals surface area contributed by atoms with Crippen molar-refractivity contribution in [2.24, 2.45) is 0 Å². The molecule has 0 spiro atoms. The van der Waals surface area contributed by atoms with Gasteiger partial charge in [0.25, 0.3) is 0 Å². The lowest BCUT2D eigenvalue weighted by atomic mass is 10.00. The van der Waals surface area contributed by atoms with Crippen molar-refractivity contribution in [2.45, 2.75) is 39.5 Å². The van der Waals surface area contributed by atoms with E-state index in [1.807, 2.05) is 18.2 Å². The standard InChI is InChI=1S/C19H22O/c1-3-4-5-9-18(15(2)20)13-16-11-12-17-8-6-7-10-19(17)14-16/h6-8,10-14H,3-5,9H2,1-2H3/b18-13+. The van der Waals surface area contributed by atoms with Gasteiger partial charge in [0.2, 0.25) is 0 Å². The van der Waals surface area contributed by atoms with E-state index in [-0.39, 0.29) is 5.78 Å². The van der Waals surface area contributed by atoms with E-state index in [1.165, 1.54) is 23.6 Å². The molecule has 0 atom stereocenters. The Bertz CT molecular complexity index is 622. The Kier molecular flexibility index (Phi) is 5.11. The van der Waals surface area contributed by atoms with Gasteiger partial charge in [-0.25, -0.2) is 0 Å². The number of ketones is 1. The highest BCUT2D eigenvalue weighted by Gasteiger charge is 2.04. The van der Waals surface area contributed by atoms with E-state index in [9.17, 15) is 4.79 Å². The van der Waals surface area contributed by atoms with Crippen molar-refractivity contribution in [3.8, 4) is 0 Å². The molecule has 0 heterocycles. The van der Waals surface area contributed by atoms with Crippen LogP contribution in [0.15, 0.2) is 48.0 Å². The number of unbranched alkanes of at least 4 members (excludes halogenated alkanes) is 2. The first-order chi connectivity index (χ1) is 9.70. The smallest absolute Gasteiger partial charge is 0.155 e. The van der Waals surface area contributed by atoms with E-state index in [4.69, 9.17) is 0 Å². The molecule has 0 unspecified atom stereocenters. The summed E-state index contributed by atoms with van der Waals surface area (Å²) in [4.78, 5) is 11.7. The Hall–Kier alpha value is -1.89. The molecule has 0 aromatic heterocycles. The fourth-order valence-corrected chi connectivity index (χ4v) is 2.41. The first-order valence-electron chi connectivity index (χ1n) is 7.41. The van der Waals surface area contributed by atoms with Gasteiger partial charge in [0.15, 0.2) is 5.78 Å². The average molecular weight is 266 g/mol. The lowest BCUT2D eigenvalue weighted by Crippen LogP contribution is -1.96. The third-order valence-electron chi connectivity index (χ3n) is 3.62. The van der Waals surface area contributed by atoms with Gasteiger partial charge in [0.05, 0.1) is 0 Å². The minimum Gasteiger partial charge on any atom is -0.295 e. The number of carbonyl (C=O) groups is 1. The van der Waals surface area contributed by atoms with E-state index in [0.29, 0.717) is 0 Å². The molecule has 0 N–H and O–H groups in total. The van der Waals surface area contributed by atoms with Crippen LogP contribution >= 0.6 is 0 Å². The van der Waals surface area contributed by atoms with Crippen molar-refractivity contribution in [1.29, 1.82) is 0 Å². The summed E-state index contributed by atoms with van der Waals surface area (Å²) in [6.07, 6.45) is 6.39. The number of carbonyl (C=O) groups excluding carboxylic acids is 1. The Morgan fingerprint density at radius 2 is 1.80 bits per heavy atom. The normalized spacial score (nSPS) is 11.8. The summed E-state index contributed by atoms with van der Waals surface area (Å²) in [5.41, 5.74) is 2.05. The summed E-state index contributed by atoms with van der Waals surface area (Å²) in [7, 11) is 0. The Morgan fingerprint density at radius 1 is 1.05 bits per heavy atom. The molecule has 0 saturated carbocycles. The molecule has 0 aliphatic rings. The Labute approximate surface area is 121 Å². The minimum absolute atomic E-state index is 0.189. The van der Waals surface area contributed by atoms with Gasteiger partial charge >= 0.3 is 0 Å². The predicted octanol–water partition coefficient (Wildman–Crippen LogP) is 5.39. The van der Waals surface area contributed by atoms with Crippen molar-refractivity contribution < 1.29 is 4.79 Å². The molecule has 0 bridgehead atoms. The molecule has 2 rings (SSSR count). The van der Waals surface area contributed by atoms with Gasteiger partial charge in [0.1, 0.15) is 0 Å². The molecule has 2 aromatic rings. The first kappa shape index (κ1) is 14.5. The molecular formula is C19H22O. The van der Waals surface area contributed by atoms with Crippen molar-refractivity contribution in [3.05, 3.63) is 53.6 Å². The highest BCUT2D eigenvalue weighted by atomic mass is 16.1. The van der Waals surface area contributed by atoms with Gasteiger partial charge in [0, 0.05) is 0 Å². The summed E-state index contributed by atoms with van der Waals surface area (Å²) in [6.45, 7) is 3.85. The number of rotatable bonds is 6. The summed E-state index contributed by atoms with van der Waals surface area (Å²) in [5, 5.41) is 2.46. The Morgan fingerprint density at radius 3 is 2.50 bits per heavy atom. The van der Waals surface area contributed by atoms with E-state index in [0.717, 1.165) is 24.0 Å². The zero-order valence-electron chi connectivity index (χ0n) is 12.4. The molecule has 0 aliphatic heterocycles. The zero-order chi connectivity index (χ0) is 14.4. The fourth-order valence-electron chi connectivity index (χ4n) is 2.41. The highest BCUT2D eigenvalue weighted by Crippen LogP contribution is 2.19. The second kappa shape index (κ2) is 7.04. The molecular weight excluding hydrogens is 244 g/mol. The molecule has 104 valence electrons. The molecule has 2 aromatic carbocycles. The van der Waals surface area contributed by atoms with E-state index in [2.05, 4.69) is 37.3 Å². The molecule has 0 fully saturated rings. The molecule has 0 amide bonds. The van der Waals surface area contributed by atoms with Crippen LogP contribution in [0.4, 0.5) is 0 Å². The van der Waals surface area contributed by atoms with Gasteiger partial charge in [-0.3, -0.25) is 4.79 Å². The van der Waals surface area contributed by atoms with E-state index >= 15 is 0 Å². The van der Waals surface area contributed by atoms with Gasteiger partial charge in [-0.15, -0.1) is 0 Å². The molecule has 0 aliphatic carbocycles. The average Bonchev–Trinajstić information content (AvgIpc) is 2.46. The van der Waals surface area contributed by atoms with Crippen molar-refractivity contribution in [3.63, 3.8) is 0 Å². The highest BCUT2D eigenvalue weighted by molar-refractivity contribution is 5.98. The summed E-state index contributed by atoms with van der Waals surface area (Å²) in [5.74, 6) is 0.189. The van der Waals surface area contributed by atoms with Crippen molar-refractivity contribution >= 4 is 22.6 Å². The van der Waals surface area contributed by atoms with Crippen LogP contribution in [0.1, 0.15) is 45.1 Å². The molecule has 1 heteroatoms. The van der Waals surface area contributed by atoms with Crippen LogP contribution in [-0.4, -0.2) is 5.78 Å². The zero-order valence-corrected chi connectivity index (χ0v) is 12.4. The number of hydrogen-bond acceptors (Lipinski definition) is 1. The minimum atomic E-state index is 0.189. The summed E-state index contributed by atoms with van der Waals surface area (Å²) >= 11 is 0. The topological polar surface area (TPSA) is 17.1 Å². The van der Waals surface area contributed by atoms with Crippen LogP contribution in [0, 0.1) is 0 Å². The lowest BCUT2D eigenvalue weighted by Gasteiger charge is -2.05. The summed E-state index contributed by atoms with van der Waals surface area (Å²) in [6, 6.07) is 14.7. The Balaban J connectivity index is 2.25. The van der Waals surface area contributed by atoms with E-state index in [1.54, 1.807) is 6.92 Å². The van der Waals surface area contributed by atoms with Crippen LogP contribution in [0.3, 0.4) is 0 Å². The van der Waals surface area contributed by atoms with Crippen LogP contribution < -0.4 is 0 Å². The maximum atomic E-state index is 11.7. The number of allylic oxidation sites excluding steroid dienone is 1. The molecule has 20 heavy (non-hydrogen) atoms. The fraction of sp³-hybridized carbons (Fsp3) is 0.316. The molecule has 0 radical (unpaired) electrons. The summed E-state index contributed by atoms with van der Waals surface area (Å²) < 4.78 is 0. The van der Waals surface area contributed by atoms with Gasteiger partial charge in [-0.2, -0.15) is 0 Å². The molecule has 1 nitrogen and oxygen atoms in total. The SMILES string of the molecule is CCCCC/C(=C\c1ccc2ccccc2c1)C(C)=O. The third kappa shape index (κ3) is 3.80. The second-order valence-corrected chi connectivity index (χ2v) is 5.29. The monoisotopic (exact) mass is 266 g/mol. The second-order valence-electron chi connectivity index (χ2n) is 5.29. The number of Topliss-reactive ketones (excluding diaryl/α,β-unsaturated/α-hetero) is 1. The molecule has 0 saturated heterocycles. The first-order valence-corrected chi connectivity index (χ1v) is 7.41. The van der Waals surface area contributed by atoms with Gasteiger partial charge in [-0.1, -0.05) is 56.2 Å². The van der Waals surface area contributed by atoms with E-state index < -0.39 is 0 Å². The van der Waals surface area contributed by atoms with Crippen LogP contribution in [0.5, 0.6) is 0 Å². The van der Waals surface area contributed by atoms with Crippen LogP contribution in [0.2, 0.25) is 0 Å². The van der Waals surface area contributed by atoms with Gasteiger partial charge < -0.3 is 0 Å². The maximum Gasteiger partial charge on any atom is 0.155 e. The van der Waals surface area contributed by atoms with Crippen molar-refractivity contribution in [1.82, 2.24) is 0 Å². The largest absolute Gasteiger partial charge is 0.295 e. The third-order valence-corrected chi connectivity index (χ3v) is 3.62. The van der Waals surface area contributed by atoms with Crippen molar-refractivity contribution in [2.75, 3.05) is 0 Å². The predicted molar refractivity (Wildman–Crippen MR) is 86.7 cm³/mol. The van der Waals surface area contributed by atoms with Gasteiger partial charge in [-0.05, 0) is 53.8 Å². The van der Waals surface area contributed by atoms with Crippen LogP contribution in [-0.2, 0) is 4.79 Å². The number of fused-ring (bicyclic) bond motifs is 1. The van der Waals surface area contributed by atoms with Crippen LogP contribution in [0.25, 0.3) is 16.8 Å². The lowest BCUT2D eigenvalue weighted by molar-refractivity contribution is -0.113. The maximum absolute atomic E-state index is 11.7. The quantitative estimate of drug-likeness (QED) is 0.506.